The molecule has 0 saturated carbocycles. The topological polar surface area (TPSA) is 59.8 Å². The molecule has 0 aliphatic heterocycles. The molecule has 1 aromatic carbocycles. The van der Waals surface area contributed by atoms with E-state index in [4.69, 9.17) is 0 Å². The van der Waals surface area contributed by atoms with Gasteiger partial charge in [0.15, 0.2) is 5.82 Å². The molecule has 1 N–H and O–H groups in total. The van der Waals surface area contributed by atoms with Crippen molar-refractivity contribution in [3.05, 3.63) is 53.4 Å². The van der Waals surface area contributed by atoms with Crippen LogP contribution in [-0.2, 0) is 6.54 Å². The maximum absolute atomic E-state index is 12.3. The van der Waals surface area contributed by atoms with E-state index >= 15 is 0 Å². The lowest BCUT2D eigenvalue weighted by Crippen LogP contribution is -2.16. The highest BCUT2D eigenvalue weighted by Crippen LogP contribution is 2.23. The zero-order valence-corrected chi connectivity index (χ0v) is 13.7. The van der Waals surface area contributed by atoms with E-state index in [2.05, 4.69) is 15.4 Å². The van der Waals surface area contributed by atoms with Crippen LogP contribution in [0.5, 0.6) is 0 Å². The quantitative estimate of drug-likeness (QED) is 0.742. The number of rotatable bonds is 6. The van der Waals surface area contributed by atoms with Crippen molar-refractivity contribution in [3.63, 3.8) is 0 Å². The third kappa shape index (κ3) is 3.65. The molecule has 3 aromatic rings. The molecule has 0 spiro atoms. The van der Waals surface area contributed by atoms with Crippen molar-refractivity contribution < 1.29 is 4.79 Å². The second kappa shape index (κ2) is 7.19. The molecule has 6 heteroatoms. The number of carbonyl (C=O) groups is 1. The van der Waals surface area contributed by atoms with Gasteiger partial charge in [0.1, 0.15) is 0 Å². The van der Waals surface area contributed by atoms with Gasteiger partial charge in [0.25, 0.3) is 0 Å². The van der Waals surface area contributed by atoms with Crippen molar-refractivity contribution in [1.29, 1.82) is 0 Å². The van der Waals surface area contributed by atoms with Crippen LogP contribution >= 0.6 is 11.3 Å². The summed E-state index contributed by atoms with van der Waals surface area (Å²) < 4.78 is 1.39. The van der Waals surface area contributed by atoms with Crippen LogP contribution in [0.1, 0.15) is 30.1 Å². The summed E-state index contributed by atoms with van der Waals surface area (Å²) >= 11 is 1.56. The minimum atomic E-state index is -0.0432. The van der Waals surface area contributed by atoms with Crippen LogP contribution in [0.3, 0.4) is 0 Å². The molecular formula is C17H18N4OS. The molecule has 0 radical (unpaired) electrons. The van der Waals surface area contributed by atoms with Gasteiger partial charge in [0.05, 0.1) is 4.88 Å². The van der Waals surface area contributed by atoms with Gasteiger partial charge < -0.3 is 5.32 Å². The normalized spacial score (nSPS) is 10.7. The van der Waals surface area contributed by atoms with Gasteiger partial charge >= 0.3 is 0 Å². The molecule has 23 heavy (non-hydrogen) atoms. The van der Waals surface area contributed by atoms with Gasteiger partial charge in [-0.3, -0.25) is 4.79 Å². The van der Waals surface area contributed by atoms with Crippen molar-refractivity contribution in [2.45, 2.75) is 26.3 Å². The van der Waals surface area contributed by atoms with Crippen molar-refractivity contribution in [3.8, 4) is 10.7 Å². The molecule has 0 aliphatic rings. The first-order chi connectivity index (χ1) is 11.3. The standard InChI is InChI=1S/C17H18N4OS/c1-2-7-15(22)21-17(18-12-13-8-4-3-5-9-13)19-16(20-21)14-10-6-11-23-14/h3-6,8-11H,2,7,12H2,1H3,(H,18,19,20). The fourth-order valence-electron chi connectivity index (χ4n) is 2.21. The Hall–Kier alpha value is -2.47. The van der Waals surface area contributed by atoms with Crippen molar-refractivity contribution in [2.24, 2.45) is 0 Å². The molecule has 0 atom stereocenters. The number of anilines is 1. The third-order valence-corrected chi connectivity index (χ3v) is 4.21. The Bertz CT molecular complexity index is 765. The Labute approximate surface area is 139 Å². The first-order valence-corrected chi connectivity index (χ1v) is 8.48. The molecule has 0 unspecified atom stereocenters. The lowest BCUT2D eigenvalue weighted by atomic mass is 10.2. The van der Waals surface area contributed by atoms with E-state index in [9.17, 15) is 4.79 Å². The Morgan fingerprint density at radius 3 is 2.74 bits per heavy atom. The lowest BCUT2D eigenvalue weighted by molar-refractivity contribution is 0.0888. The van der Waals surface area contributed by atoms with Crippen molar-refractivity contribution in [1.82, 2.24) is 14.8 Å². The van der Waals surface area contributed by atoms with E-state index in [1.807, 2.05) is 54.8 Å². The summed E-state index contributed by atoms with van der Waals surface area (Å²) in [7, 11) is 0. The molecule has 2 heterocycles. The SMILES string of the molecule is CCCC(=O)n1nc(-c2cccs2)nc1NCc1ccccc1. The Balaban J connectivity index is 1.85. The number of hydrogen-bond acceptors (Lipinski definition) is 5. The number of aromatic nitrogens is 3. The summed E-state index contributed by atoms with van der Waals surface area (Å²) in [5, 5.41) is 9.58. The van der Waals surface area contributed by atoms with Crippen LogP contribution in [0.4, 0.5) is 5.95 Å². The first kappa shape index (κ1) is 15.4. The lowest BCUT2D eigenvalue weighted by Gasteiger charge is -2.06. The van der Waals surface area contributed by atoms with Gasteiger partial charge in [-0.05, 0) is 23.4 Å². The molecule has 118 valence electrons. The molecule has 0 amide bonds. The molecule has 0 fully saturated rings. The Morgan fingerprint density at radius 1 is 1.22 bits per heavy atom. The average molecular weight is 326 g/mol. The van der Waals surface area contributed by atoms with Gasteiger partial charge in [-0.2, -0.15) is 9.67 Å². The van der Waals surface area contributed by atoms with Gasteiger partial charge in [0, 0.05) is 13.0 Å². The van der Waals surface area contributed by atoms with E-state index in [-0.39, 0.29) is 5.91 Å². The maximum atomic E-state index is 12.3. The van der Waals surface area contributed by atoms with Crippen molar-refractivity contribution >= 4 is 23.2 Å². The van der Waals surface area contributed by atoms with Gasteiger partial charge in [0.2, 0.25) is 11.9 Å². The van der Waals surface area contributed by atoms with Gasteiger partial charge in [-0.15, -0.1) is 16.4 Å². The smallest absolute Gasteiger partial charge is 0.250 e. The highest BCUT2D eigenvalue weighted by molar-refractivity contribution is 7.13. The predicted molar refractivity (Wildman–Crippen MR) is 92.6 cm³/mol. The van der Waals surface area contributed by atoms with E-state index in [1.165, 1.54) is 4.68 Å². The fourth-order valence-corrected chi connectivity index (χ4v) is 2.86. The second-order valence-electron chi connectivity index (χ2n) is 5.13. The van der Waals surface area contributed by atoms with Crippen LogP contribution < -0.4 is 5.32 Å². The monoisotopic (exact) mass is 326 g/mol. The highest BCUT2D eigenvalue weighted by Gasteiger charge is 2.17. The molecular weight excluding hydrogens is 308 g/mol. The molecule has 0 aliphatic carbocycles. The first-order valence-electron chi connectivity index (χ1n) is 7.60. The Morgan fingerprint density at radius 2 is 2.04 bits per heavy atom. The van der Waals surface area contributed by atoms with E-state index in [0.717, 1.165) is 16.9 Å². The minimum Gasteiger partial charge on any atom is -0.350 e. The molecule has 0 bridgehead atoms. The van der Waals surface area contributed by atoms with E-state index in [0.29, 0.717) is 24.7 Å². The van der Waals surface area contributed by atoms with Gasteiger partial charge in [-0.25, -0.2) is 0 Å². The van der Waals surface area contributed by atoms with E-state index in [1.54, 1.807) is 11.3 Å². The molecule has 5 nitrogen and oxygen atoms in total. The number of benzene rings is 1. The summed E-state index contributed by atoms with van der Waals surface area (Å²) in [5.74, 6) is 1.04. The minimum absolute atomic E-state index is 0.0432. The number of carbonyl (C=O) groups excluding carboxylic acids is 1. The van der Waals surface area contributed by atoms with Crippen LogP contribution in [-0.4, -0.2) is 20.7 Å². The fraction of sp³-hybridized carbons (Fsp3) is 0.235. The van der Waals surface area contributed by atoms with Gasteiger partial charge in [-0.1, -0.05) is 43.3 Å². The third-order valence-electron chi connectivity index (χ3n) is 3.34. The van der Waals surface area contributed by atoms with Crippen LogP contribution in [0, 0.1) is 0 Å². The summed E-state index contributed by atoms with van der Waals surface area (Å²) in [4.78, 5) is 17.7. The van der Waals surface area contributed by atoms with Crippen molar-refractivity contribution in [2.75, 3.05) is 5.32 Å². The number of thiophene rings is 1. The second-order valence-corrected chi connectivity index (χ2v) is 6.08. The zero-order valence-electron chi connectivity index (χ0n) is 12.9. The number of hydrogen-bond donors (Lipinski definition) is 1. The molecule has 0 saturated heterocycles. The highest BCUT2D eigenvalue weighted by atomic mass is 32.1. The summed E-state index contributed by atoms with van der Waals surface area (Å²) in [6.07, 6.45) is 1.23. The Kier molecular flexibility index (Phi) is 4.83. The maximum Gasteiger partial charge on any atom is 0.250 e. The summed E-state index contributed by atoms with van der Waals surface area (Å²) in [6, 6.07) is 13.9. The zero-order chi connectivity index (χ0) is 16.1. The predicted octanol–water partition coefficient (Wildman–Crippen LogP) is 4.06. The van der Waals surface area contributed by atoms with E-state index < -0.39 is 0 Å². The molecule has 3 rings (SSSR count). The molecule has 2 aromatic heterocycles. The average Bonchev–Trinajstić information content (AvgIpc) is 3.23. The summed E-state index contributed by atoms with van der Waals surface area (Å²) in [5.41, 5.74) is 1.13. The largest absolute Gasteiger partial charge is 0.350 e. The van der Waals surface area contributed by atoms with Crippen LogP contribution in [0.15, 0.2) is 47.8 Å². The number of nitrogens with zero attached hydrogens (tertiary/aromatic N) is 3. The van der Waals surface area contributed by atoms with Crippen LogP contribution in [0.25, 0.3) is 10.7 Å². The number of nitrogens with one attached hydrogen (secondary N) is 1. The summed E-state index contributed by atoms with van der Waals surface area (Å²) in [6.45, 7) is 2.58. The van der Waals surface area contributed by atoms with Crippen LogP contribution in [0.2, 0.25) is 0 Å².